The summed E-state index contributed by atoms with van der Waals surface area (Å²) in [4.78, 5) is 0. The molecule has 0 aliphatic heterocycles. The third kappa shape index (κ3) is 2.76. The highest BCUT2D eigenvalue weighted by Gasteiger charge is 2.17. The lowest BCUT2D eigenvalue weighted by Gasteiger charge is -2.07. The van der Waals surface area contributed by atoms with Crippen LogP contribution >= 0.6 is 11.6 Å². The first-order valence-electron chi connectivity index (χ1n) is 3.45. The van der Waals surface area contributed by atoms with Gasteiger partial charge in [0.2, 0.25) is 5.88 Å². The fourth-order valence-electron chi connectivity index (χ4n) is 0.814. The van der Waals surface area contributed by atoms with Crippen LogP contribution in [0.1, 0.15) is 0 Å². The van der Waals surface area contributed by atoms with Crippen LogP contribution in [0.25, 0.3) is 0 Å². The number of rotatable bonds is 4. The van der Waals surface area contributed by atoms with Crippen LogP contribution in [0.3, 0.4) is 0 Å². The van der Waals surface area contributed by atoms with Crippen molar-refractivity contribution in [2.24, 2.45) is 0 Å². The molecule has 14 heavy (non-hydrogen) atoms. The Morgan fingerprint density at radius 1 is 1.43 bits per heavy atom. The van der Waals surface area contributed by atoms with Gasteiger partial charge < -0.3 is 4.74 Å². The molecule has 0 aliphatic rings. The van der Waals surface area contributed by atoms with Crippen LogP contribution in [0.15, 0.2) is 6.20 Å². The molecule has 0 amide bonds. The molecule has 0 fully saturated rings. The van der Waals surface area contributed by atoms with Crippen LogP contribution < -0.4 is 4.74 Å². The Hall–Kier alpha value is -0.980. The monoisotopic (exact) mass is 232 g/mol. The zero-order valence-corrected chi connectivity index (χ0v) is 7.39. The van der Waals surface area contributed by atoms with E-state index in [0.29, 0.717) is 4.68 Å². The van der Waals surface area contributed by atoms with Gasteiger partial charge in [0.15, 0.2) is 0 Å². The van der Waals surface area contributed by atoms with Crippen LogP contribution in [0.2, 0.25) is 5.02 Å². The van der Waals surface area contributed by atoms with E-state index in [4.69, 9.17) is 11.6 Å². The Kier molecular flexibility index (Phi) is 3.56. The number of alkyl halides is 4. The van der Waals surface area contributed by atoms with Gasteiger partial charge in [-0.15, -0.1) is 0 Å². The smallest absolute Gasteiger partial charge is 0.388 e. The summed E-state index contributed by atoms with van der Waals surface area (Å²) in [5.41, 5.74) is 0. The molecule has 0 N–H and O–H groups in total. The Bertz CT molecular complexity index is 304. The molecule has 0 bridgehead atoms. The topological polar surface area (TPSA) is 27.1 Å². The molecule has 0 unspecified atom stereocenters. The third-order valence-electron chi connectivity index (χ3n) is 1.26. The van der Waals surface area contributed by atoms with E-state index in [1.807, 2.05) is 0 Å². The molecule has 0 saturated carbocycles. The van der Waals surface area contributed by atoms with Crippen molar-refractivity contribution in [3.05, 3.63) is 11.2 Å². The lowest BCUT2D eigenvalue weighted by molar-refractivity contribution is -0.0572. The molecule has 1 aromatic heterocycles. The van der Waals surface area contributed by atoms with Gasteiger partial charge in [-0.25, -0.2) is 13.5 Å². The van der Waals surface area contributed by atoms with Crippen molar-refractivity contribution < 1.29 is 22.3 Å². The second-order valence-electron chi connectivity index (χ2n) is 2.25. The van der Waals surface area contributed by atoms with Crippen molar-refractivity contribution in [1.29, 1.82) is 0 Å². The summed E-state index contributed by atoms with van der Waals surface area (Å²) in [6.45, 7) is -3.96. The summed E-state index contributed by atoms with van der Waals surface area (Å²) in [5, 5.41) is 3.12. The van der Waals surface area contributed by atoms with Gasteiger partial charge in [0, 0.05) is 0 Å². The van der Waals surface area contributed by atoms with Gasteiger partial charge in [-0.3, -0.25) is 0 Å². The molecule has 0 atom stereocenters. The lowest BCUT2D eigenvalue weighted by atomic mass is 10.6. The highest BCUT2D eigenvalue weighted by molar-refractivity contribution is 6.31. The van der Waals surface area contributed by atoms with Crippen molar-refractivity contribution in [3.63, 3.8) is 0 Å². The number of halogens is 5. The van der Waals surface area contributed by atoms with E-state index < -0.39 is 25.5 Å². The highest BCUT2D eigenvalue weighted by Crippen LogP contribution is 2.25. The molecule has 0 saturated heterocycles. The third-order valence-corrected chi connectivity index (χ3v) is 1.52. The Morgan fingerprint density at radius 3 is 2.57 bits per heavy atom. The molecule has 0 aliphatic carbocycles. The minimum Gasteiger partial charge on any atom is -0.416 e. The SMILES string of the molecule is FC(F)Cn1ncc(Cl)c1OC(F)F. The second-order valence-corrected chi connectivity index (χ2v) is 2.66. The minimum absolute atomic E-state index is 0.231. The summed E-state index contributed by atoms with van der Waals surface area (Å²) in [5.74, 6) is -0.554. The molecular formula is C6H5ClF4N2O. The van der Waals surface area contributed by atoms with Crippen LogP contribution in [-0.2, 0) is 6.54 Å². The van der Waals surface area contributed by atoms with Crippen molar-refractivity contribution in [2.45, 2.75) is 19.6 Å². The molecule has 0 spiro atoms. The van der Waals surface area contributed by atoms with Crippen LogP contribution in [0.4, 0.5) is 17.6 Å². The standard InChI is InChI=1S/C6H5ClF4N2O/c7-3-1-12-13(2-4(8)9)5(3)14-6(10)11/h1,4,6H,2H2. The van der Waals surface area contributed by atoms with Crippen molar-refractivity contribution >= 4 is 11.6 Å². The lowest BCUT2D eigenvalue weighted by Crippen LogP contribution is -2.13. The summed E-state index contributed by atoms with van der Waals surface area (Å²) in [6.07, 6.45) is -1.76. The van der Waals surface area contributed by atoms with Crippen LogP contribution in [-0.4, -0.2) is 22.8 Å². The maximum absolute atomic E-state index is 11.9. The van der Waals surface area contributed by atoms with E-state index >= 15 is 0 Å². The summed E-state index contributed by atoms with van der Waals surface area (Å²) < 4.78 is 51.9. The average molecular weight is 233 g/mol. The first-order chi connectivity index (χ1) is 6.50. The average Bonchev–Trinajstić information content (AvgIpc) is 2.34. The second kappa shape index (κ2) is 4.50. The van der Waals surface area contributed by atoms with Gasteiger partial charge in [-0.2, -0.15) is 13.9 Å². The molecule has 0 aromatic carbocycles. The minimum atomic E-state index is -3.12. The van der Waals surface area contributed by atoms with E-state index in [0.717, 1.165) is 6.20 Å². The van der Waals surface area contributed by atoms with Crippen molar-refractivity contribution in [3.8, 4) is 5.88 Å². The maximum Gasteiger partial charge on any atom is 0.388 e. The normalized spacial score (nSPS) is 11.4. The molecule has 8 heteroatoms. The molecule has 1 heterocycles. The highest BCUT2D eigenvalue weighted by atomic mass is 35.5. The molecule has 1 aromatic rings. The number of hydrogen-bond acceptors (Lipinski definition) is 2. The largest absolute Gasteiger partial charge is 0.416 e. The first kappa shape index (κ1) is 11.1. The van der Waals surface area contributed by atoms with E-state index in [9.17, 15) is 17.6 Å². The Morgan fingerprint density at radius 2 is 2.07 bits per heavy atom. The predicted octanol–water partition coefficient (Wildman–Crippen LogP) is 2.40. The fraction of sp³-hybridized carbons (Fsp3) is 0.500. The van der Waals surface area contributed by atoms with Gasteiger partial charge in [0.25, 0.3) is 6.43 Å². The molecule has 3 nitrogen and oxygen atoms in total. The Balaban J connectivity index is 2.82. The van der Waals surface area contributed by atoms with Crippen LogP contribution in [0.5, 0.6) is 5.88 Å². The van der Waals surface area contributed by atoms with Gasteiger partial charge in [-0.1, -0.05) is 11.6 Å². The zero-order valence-electron chi connectivity index (χ0n) is 6.63. The number of aromatic nitrogens is 2. The van der Waals surface area contributed by atoms with Gasteiger partial charge in [0.05, 0.1) is 6.20 Å². The fourth-order valence-corrected chi connectivity index (χ4v) is 0.999. The summed E-state index contributed by atoms with van der Waals surface area (Å²) >= 11 is 5.39. The number of ether oxygens (including phenoxy) is 1. The molecule has 0 radical (unpaired) electrons. The molecular weight excluding hydrogens is 228 g/mol. The quantitative estimate of drug-likeness (QED) is 0.746. The van der Waals surface area contributed by atoms with E-state index in [2.05, 4.69) is 9.84 Å². The van der Waals surface area contributed by atoms with Gasteiger partial charge in [-0.05, 0) is 0 Å². The Labute approximate surface area is 81.2 Å². The maximum atomic E-state index is 11.9. The zero-order chi connectivity index (χ0) is 10.7. The first-order valence-corrected chi connectivity index (χ1v) is 3.82. The summed E-state index contributed by atoms with van der Waals surface area (Å²) in [7, 11) is 0. The number of nitrogens with zero attached hydrogens (tertiary/aromatic N) is 2. The van der Waals surface area contributed by atoms with E-state index in [1.165, 1.54) is 0 Å². The van der Waals surface area contributed by atoms with Crippen LogP contribution in [0, 0.1) is 0 Å². The van der Waals surface area contributed by atoms with E-state index in [1.54, 1.807) is 0 Å². The van der Waals surface area contributed by atoms with Crippen molar-refractivity contribution in [2.75, 3.05) is 0 Å². The van der Waals surface area contributed by atoms with E-state index in [-0.39, 0.29) is 5.02 Å². The molecule has 1 rings (SSSR count). The van der Waals surface area contributed by atoms with Crippen molar-refractivity contribution in [1.82, 2.24) is 9.78 Å². The predicted molar refractivity (Wildman–Crippen MR) is 39.9 cm³/mol. The van der Waals surface area contributed by atoms with Gasteiger partial charge in [0.1, 0.15) is 11.6 Å². The number of hydrogen-bond donors (Lipinski definition) is 0. The summed E-state index contributed by atoms with van der Waals surface area (Å²) in [6, 6.07) is 0. The molecule has 80 valence electrons. The van der Waals surface area contributed by atoms with Gasteiger partial charge >= 0.3 is 6.61 Å².